The Balaban J connectivity index is 2.32. The molecule has 3 N–H and O–H groups in total. The average molecular weight is 256 g/mol. The van der Waals surface area contributed by atoms with E-state index in [1.165, 1.54) is 4.88 Å². The number of rotatable bonds is 6. The third-order valence-electron chi connectivity index (χ3n) is 2.32. The maximum Gasteiger partial charge on any atom is 0.229 e. The highest BCUT2D eigenvalue weighted by Crippen LogP contribution is 2.08. The van der Waals surface area contributed by atoms with Gasteiger partial charge in [-0.15, -0.1) is 11.3 Å². The SMILES string of the molecule is CCC(C(=O)NCCc1cccs1)C(N)=S. The van der Waals surface area contributed by atoms with Gasteiger partial charge in [-0.25, -0.2) is 0 Å². The summed E-state index contributed by atoms with van der Waals surface area (Å²) in [7, 11) is 0. The Morgan fingerprint density at radius 2 is 2.44 bits per heavy atom. The molecule has 0 bridgehead atoms. The summed E-state index contributed by atoms with van der Waals surface area (Å²) in [6.07, 6.45) is 1.51. The maximum absolute atomic E-state index is 11.7. The van der Waals surface area contributed by atoms with Crippen LogP contribution < -0.4 is 11.1 Å². The van der Waals surface area contributed by atoms with E-state index >= 15 is 0 Å². The monoisotopic (exact) mass is 256 g/mol. The molecule has 5 heteroatoms. The highest BCUT2D eigenvalue weighted by atomic mass is 32.1. The lowest BCUT2D eigenvalue weighted by atomic mass is 10.1. The Bertz CT molecular complexity index is 349. The van der Waals surface area contributed by atoms with Crippen molar-refractivity contribution >= 4 is 34.5 Å². The Hall–Kier alpha value is -0.940. The Kier molecular flexibility index (Phi) is 5.42. The van der Waals surface area contributed by atoms with E-state index in [9.17, 15) is 4.79 Å². The van der Waals surface area contributed by atoms with Gasteiger partial charge in [0, 0.05) is 11.4 Å². The fourth-order valence-corrected chi connectivity index (χ4v) is 2.39. The largest absolute Gasteiger partial charge is 0.393 e. The molecular weight excluding hydrogens is 240 g/mol. The highest BCUT2D eigenvalue weighted by molar-refractivity contribution is 7.80. The number of thiocarbonyl (C=S) groups is 1. The van der Waals surface area contributed by atoms with Crippen LogP contribution in [-0.2, 0) is 11.2 Å². The minimum absolute atomic E-state index is 0.0634. The summed E-state index contributed by atoms with van der Waals surface area (Å²) >= 11 is 6.53. The summed E-state index contributed by atoms with van der Waals surface area (Å²) in [5, 5.41) is 4.88. The highest BCUT2D eigenvalue weighted by Gasteiger charge is 2.18. The summed E-state index contributed by atoms with van der Waals surface area (Å²) < 4.78 is 0. The lowest BCUT2D eigenvalue weighted by Crippen LogP contribution is -2.38. The van der Waals surface area contributed by atoms with Crippen molar-refractivity contribution in [3.8, 4) is 0 Å². The minimum Gasteiger partial charge on any atom is -0.393 e. The molecule has 0 radical (unpaired) electrons. The first-order chi connectivity index (χ1) is 7.65. The molecule has 0 fully saturated rings. The van der Waals surface area contributed by atoms with Gasteiger partial charge in [0.2, 0.25) is 5.91 Å². The van der Waals surface area contributed by atoms with Crippen LogP contribution in [0.1, 0.15) is 18.2 Å². The van der Waals surface area contributed by atoms with Gasteiger partial charge in [0.05, 0.1) is 10.9 Å². The number of amides is 1. The molecule has 0 aliphatic rings. The Labute approximate surface area is 105 Å². The lowest BCUT2D eigenvalue weighted by Gasteiger charge is -2.12. The number of carbonyl (C=O) groups is 1. The van der Waals surface area contributed by atoms with Gasteiger partial charge in [0.25, 0.3) is 0 Å². The predicted octanol–water partition coefficient (Wildman–Crippen LogP) is 1.72. The molecule has 1 heterocycles. The van der Waals surface area contributed by atoms with Crippen LogP contribution in [0.15, 0.2) is 17.5 Å². The summed E-state index contributed by atoms with van der Waals surface area (Å²) in [6.45, 7) is 2.54. The van der Waals surface area contributed by atoms with Crippen LogP contribution in [0.25, 0.3) is 0 Å². The van der Waals surface area contributed by atoms with Crippen molar-refractivity contribution in [2.45, 2.75) is 19.8 Å². The quantitative estimate of drug-likeness (QED) is 0.762. The van der Waals surface area contributed by atoms with E-state index in [2.05, 4.69) is 11.4 Å². The molecule has 1 aromatic rings. The molecule has 16 heavy (non-hydrogen) atoms. The second-order valence-corrected chi connectivity index (χ2v) is 4.99. The molecular formula is C11H16N2OS2. The number of thiophene rings is 1. The van der Waals surface area contributed by atoms with Crippen LogP contribution in [0.4, 0.5) is 0 Å². The predicted molar refractivity (Wildman–Crippen MR) is 71.6 cm³/mol. The minimum atomic E-state index is -0.335. The van der Waals surface area contributed by atoms with E-state index in [4.69, 9.17) is 18.0 Å². The van der Waals surface area contributed by atoms with E-state index in [1.807, 2.05) is 18.4 Å². The molecule has 0 saturated carbocycles. The maximum atomic E-state index is 11.7. The van der Waals surface area contributed by atoms with E-state index < -0.39 is 0 Å². The number of nitrogens with two attached hydrogens (primary N) is 1. The molecule has 3 nitrogen and oxygen atoms in total. The summed E-state index contributed by atoms with van der Waals surface area (Å²) in [5.74, 6) is -0.398. The Morgan fingerprint density at radius 1 is 1.69 bits per heavy atom. The molecule has 88 valence electrons. The first-order valence-corrected chi connectivity index (χ1v) is 6.53. The number of nitrogens with one attached hydrogen (secondary N) is 1. The van der Waals surface area contributed by atoms with Crippen LogP contribution in [0, 0.1) is 5.92 Å². The van der Waals surface area contributed by atoms with Gasteiger partial charge in [0.15, 0.2) is 0 Å². The van der Waals surface area contributed by atoms with Crippen molar-refractivity contribution < 1.29 is 4.79 Å². The molecule has 1 atom stereocenters. The topological polar surface area (TPSA) is 55.1 Å². The van der Waals surface area contributed by atoms with Gasteiger partial charge in [0.1, 0.15) is 0 Å². The van der Waals surface area contributed by atoms with E-state index in [-0.39, 0.29) is 16.8 Å². The van der Waals surface area contributed by atoms with Gasteiger partial charge in [-0.1, -0.05) is 25.2 Å². The van der Waals surface area contributed by atoms with E-state index in [0.717, 1.165) is 6.42 Å². The molecule has 0 aliphatic carbocycles. The molecule has 0 saturated heterocycles. The molecule has 0 aliphatic heterocycles. The lowest BCUT2D eigenvalue weighted by molar-refractivity contribution is -0.123. The molecule has 1 aromatic heterocycles. The first-order valence-electron chi connectivity index (χ1n) is 5.24. The van der Waals surface area contributed by atoms with Crippen molar-refractivity contribution in [2.75, 3.05) is 6.54 Å². The number of hydrogen-bond donors (Lipinski definition) is 2. The summed E-state index contributed by atoms with van der Waals surface area (Å²) in [6, 6.07) is 4.06. The third-order valence-corrected chi connectivity index (χ3v) is 3.54. The van der Waals surface area contributed by atoms with Crippen LogP contribution >= 0.6 is 23.6 Å². The van der Waals surface area contributed by atoms with Crippen molar-refractivity contribution in [2.24, 2.45) is 11.7 Å². The summed E-state index contributed by atoms with van der Waals surface area (Å²) in [4.78, 5) is 13.2. The second kappa shape index (κ2) is 6.60. The fourth-order valence-electron chi connectivity index (χ4n) is 1.40. The van der Waals surface area contributed by atoms with Crippen molar-refractivity contribution in [3.05, 3.63) is 22.4 Å². The van der Waals surface area contributed by atoms with Crippen LogP contribution in [0.2, 0.25) is 0 Å². The van der Waals surface area contributed by atoms with Crippen molar-refractivity contribution in [1.82, 2.24) is 5.32 Å². The molecule has 0 spiro atoms. The molecule has 1 amide bonds. The summed E-state index contributed by atoms with van der Waals surface area (Å²) in [5.41, 5.74) is 5.49. The van der Waals surface area contributed by atoms with E-state index in [1.54, 1.807) is 11.3 Å². The van der Waals surface area contributed by atoms with Gasteiger partial charge in [-0.2, -0.15) is 0 Å². The van der Waals surface area contributed by atoms with Gasteiger partial charge in [-0.3, -0.25) is 4.79 Å². The first kappa shape index (κ1) is 13.1. The van der Waals surface area contributed by atoms with Crippen LogP contribution in [0.5, 0.6) is 0 Å². The zero-order chi connectivity index (χ0) is 12.0. The standard InChI is InChI=1S/C11H16N2OS2/c1-2-9(10(12)15)11(14)13-6-5-8-4-3-7-16-8/h3-4,7,9H,2,5-6H2,1H3,(H2,12,15)(H,13,14). The fraction of sp³-hybridized carbons (Fsp3) is 0.455. The molecule has 1 rings (SSSR count). The average Bonchev–Trinajstić information content (AvgIpc) is 2.71. The smallest absolute Gasteiger partial charge is 0.229 e. The molecule has 1 unspecified atom stereocenters. The second-order valence-electron chi connectivity index (χ2n) is 3.48. The van der Waals surface area contributed by atoms with Crippen molar-refractivity contribution in [3.63, 3.8) is 0 Å². The third kappa shape index (κ3) is 3.90. The number of hydrogen-bond acceptors (Lipinski definition) is 3. The normalized spacial score (nSPS) is 12.1. The zero-order valence-electron chi connectivity index (χ0n) is 9.23. The molecule has 0 aromatic carbocycles. The Morgan fingerprint density at radius 3 is 2.94 bits per heavy atom. The van der Waals surface area contributed by atoms with E-state index in [0.29, 0.717) is 13.0 Å². The number of carbonyl (C=O) groups excluding carboxylic acids is 1. The van der Waals surface area contributed by atoms with Crippen LogP contribution in [0.3, 0.4) is 0 Å². The van der Waals surface area contributed by atoms with Crippen LogP contribution in [-0.4, -0.2) is 17.4 Å². The van der Waals surface area contributed by atoms with Gasteiger partial charge >= 0.3 is 0 Å². The van der Waals surface area contributed by atoms with Crippen molar-refractivity contribution in [1.29, 1.82) is 0 Å². The zero-order valence-corrected chi connectivity index (χ0v) is 10.9. The van der Waals surface area contributed by atoms with Gasteiger partial charge in [-0.05, 0) is 24.3 Å². The van der Waals surface area contributed by atoms with Gasteiger partial charge < -0.3 is 11.1 Å².